The molecule has 0 N–H and O–H groups in total. The van der Waals surface area contributed by atoms with Crippen molar-refractivity contribution in [3.8, 4) is 0 Å². The molecule has 0 bridgehead atoms. The van der Waals surface area contributed by atoms with Crippen LogP contribution in [-0.4, -0.2) is 26.1 Å². The summed E-state index contributed by atoms with van der Waals surface area (Å²) in [7, 11) is -3.50. The summed E-state index contributed by atoms with van der Waals surface area (Å²) < 4.78 is 27.4. The molecule has 0 rings (SSSR count). The Morgan fingerprint density at radius 3 is 0.417 bits per heavy atom. The van der Waals surface area contributed by atoms with Gasteiger partial charge in [0, 0.05) is 12.1 Å². The second-order valence-electron chi connectivity index (χ2n) is 39.5. The Morgan fingerprint density at radius 2 is 0.270 bits per heavy atom. The number of rotatable bonds is 105. The summed E-state index contributed by atoms with van der Waals surface area (Å²) in [5.41, 5.74) is -0.387. The van der Waals surface area contributed by atoms with E-state index in [1.54, 1.807) is 0 Å². The van der Waals surface area contributed by atoms with Crippen LogP contribution in [-0.2, 0) is 13.3 Å². The normalized spacial score (nSPS) is 12.4. The summed E-state index contributed by atoms with van der Waals surface area (Å²) in [5.74, 6) is 0. The Balaban J connectivity index is 8.98. The van der Waals surface area contributed by atoms with Gasteiger partial charge in [0.15, 0.2) is 0 Å². The molecule has 0 spiro atoms. The molecule has 0 amide bonds. The lowest BCUT2D eigenvalue weighted by molar-refractivity contribution is -0.110. The molecule has 0 aromatic rings. The van der Waals surface area contributed by atoms with Crippen molar-refractivity contribution in [1.29, 1.82) is 0 Å². The van der Waals surface area contributed by atoms with Crippen molar-refractivity contribution in [2.45, 2.75) is 715 Å². The van der Waals surface area contributed by atoms with Crippen LogP contribution in [0, 0.1) is 0 Å². The van der Waals surface area contributed by atoms with E-state index in [1.807, 2.05) is 0 Å². The van der Waals surface area contributed by atoms with Crippen LogP contribution >= 0.6 is 0 Å². The minimum absolute atomic E-state index is 0.193. The second-order valence-corrected chi connectivity index (χ2v) is 42.0. The van der Waals surface area contributed by atoms with E-state index in [9.17, 15) is 8.85 Å². The van der Waals surface area contributed by atoms with E-state index in [2.05, 4.69) is 62.3 Å². The van der Waals surface area contributed by atoms with Gasteiger partial charge in [-0.05, 0) is 57.8 Å². The average Bonchev–Trinajstić information content (AvgIpc) is 0.780. The second kappa shape index (κ2) is 96.3. The van der Waals surface area contributed by atoms with Crippen LogP contribution in [0.2, 0.25) is 6.04 Å². The SMILES string of the molecule is CCCCCCCCCCCCC(CCCCCCCCCCCC)O[Si](CCCCCCCCCCCC)(OC(CCCCCCCCCCCC)(CCCCCCCCCCCC)CCCCCCCCCCCC)OC(CCCCCCCCCCCC)(CCCCCCCCCCCC)CCCCCCCCCCCC. The minimum atomic E-state index is -3.50. The van der Waals surface area contributed by atoms with E-state index in [0.717, 1.165) is 6.04 Å². The summed E-state index contributed by atoms with van der Waals surface area (Å²) in [4.78, 5) is 0. The highest BCUT2D eigenvalue weighted by atomic mass is 28.4. The van der Waals surface area contributed by atoms with Crippen LogP contribution in [0.1, 0.15) is 692 Å². The van der Waals surface area contributed by atoms with E-state index in [-0.39, 0.29) is 17.3 Å². The lowest BCUT2D eigenvalue weighted by Gasteiger charge is -2.48. The predicted molar refractivity (Wildman–Crippen MR) is 527 cm³/mol. The van der Waals surface area contributed by atoms with E-state index >= 15 is 0 Å². The van der Waals surface area contributed by atoms with E-state index in [1.165, 1.54) is 629 Å². The molecule has 0 aromatic carbocycles. The van der Waals surface area contributed by atoms with Crippen LogP contribution in [0.3, 0.4) is 0 Å². The van der Waals surface area contributed by atoms with Gasteiger partial charge in [0.1, 0.15) is 0 Å². The Hall–Kier alpha value is 0.0969. The molecular formula is C111H226O3Si. The zero-order chi connectivity index (χ0) is 83.2. The van der Waals surface area contributed by atoms with Crippen LogP contribution in [0.5, 0.6) is 0 Å². The van der Waals surface area contributed by atoms with Crippen molar-refractivity contribution in [3.05, 3.63) is 0 Å². The fraction of sp³-hybridized carbons (Fsp3) is 1.00. The van der Waals surface area contributed by atoms with Gasteiger partial charge in [-0.1, -0.05) is 634 Å². The third-order valence-electron chi connectivity index (χ3n) is 27.6. The van der Waals surface area contributed by atoms with Gasteiger partial charge in [-0.3, -0.25) is 0 Å². The highest BCUT2D eigenvalue weighted by Gasteiger charge is 2.54. The first-order valence-electron chi connectivity index (χ1n) is 55.9. The van der Waals surface area contributed by atoms with Gasteiger partial charge < -0.3 is 13.3 Å². The zero-order valence-corrected chi connectivity index (χ0v) is 83.3. The van der Waals surface area contributed by atoms with Gasteiger partial charge in [-0.25, -0.2) is 0 Å². The molecule has 0 unspecified atom stereocenters. The van der Waals surface area contributed by atoms with E-state index in [0.29, 0.717) is 0 Å². The number of hydrogen-bond donors (Lipinski definition) is 0. The molecular weight excluding hydrogens is 1410 g/mol. The largest absolute Gasteiger partial charge is 0.502 e. The quantitative estimate of drug-likeness (QED) is 0.0449. The van der Waals surface area contributed by atoms with Crippen molar-refractivity contribution in [3.63, 3.8) is 0 Å². The van der Waals surface area contributed by atoms with Gasteiger partial charge in [0.25, 0.3) is 0 Å². The van der Waals surface area contributed by atoms with Gasteiger partial charge in [0.2, 0.25) is 0 Å². The van der Waals surface area contributed by atoms with E-state index in [4.69, 9.17) is 4.43 Å². The molecule has 115 heavy (non-hydrogen) atoms. The maximum Gasteiger partial charge on any atom is 0.502 e. The molecule has 0 saturated heterocycles. The highest BCUT2D eigenvalue weighted by Crippen LogP contribution is 2.45. The Bertz CT molecular complexity index is 1500. The summed E-state index contributed by atoms with van der Waals surface area (Å²) >= 11 is 0. The van der Waals surface area contributed by atoms with E-state index < -0.39 is 8.80 Å². The van der Waals surface area contributed by atoms with Gasteiger partial charge in [-0.15, -0.1) is 0 Å². The fourth-order valence-corrected chi connectivity index (χ4v) is 23.4. The van der Waals surface area contributed by atoms with Crippen molar-refractivity contribution < 1.29 is 13.3 Å². The number of unbranched alkanes of at least 4 members (excludes halogenated alkanes) is 81. The molecule has 0 aliphatic rings. The summed E-state index contributed by atoms with van der Waals surface area (Å²) in [6.45, 7) is 21.4. The van der Waals surface area contributed by atoms with Crippen molar-refractivity contribution in [2.75, 3.05) is 0 Å². The molecule has 0 fully saturated rings. The van der Waals surface area contributed by atoms with Crippen molar-refractivity contribution >= 4 is 8.80 Å². The van der Waals surface area contributed by atoms with Gasteiger partial charge >= 0.3 is 8.80 Å². The van der Waals surface area contributed by atoms with Gasteiger partial charge in [-0.2, -0.15) is 0 Å². The standard InChI is InChI=1S/C111H226O3Si/c1-10-19-28-37-46-55-64-73-82-91-100-109(101-92-83-74-65-56-47-38-29-20-11-2)112-115(108-99-90-81-72-63-54-45-36-27-18-9,113-110(102-93-84-75-66-57-48-39-30-21-12-3,103-94-85-76-67-58-49-40-31-22-13-4)104-95-86-77-68-59-50-41-32-23-14-5)114-111(105-96-87-78-69-60-51-42-33-24-15-6,106-97-88-79-70-61-52-43-34-25-16-7)107-98-89-80-71-62-53-44-35-26-17-8/h109H,10-108H2,1-9H3. The molecule has 692 valence electrons. The van der Waals surface area contributed by atoms with Crippen LogP contribution in [0.4, 0.5) is 0 Å². The fourth-order valence-electron chi connectivity index (χ4n) is 19.6. The molecule has 0 aliphatic carbocycles. The molecule has 0 saturated carbocycles. The average molecular weight is 1640 g/mol. The predicted octanol–water partition coefficient (Wildman–Crippen LogP) is 42.2. The maximum absolute atomic E-state index is 9.24. The minimum Gasteiger partial charge on any atom is -0.370 e. The molecule has 0 radical (unpaired) electrons. The van der Waals surface area contributed by atoms with Crippen molar-refractivity contribution in [1.82, 2.24) is 0 Å². The molecule has 0 heterocycles. The molecule has 0 aliphatic heterocycles. The Kier molecular flexibility index (Phi) is 96.4. The summed E-state index contributed by atoms with van der Waals surface area (Å²) in [6, 6.07) is 1.06. The first-order chi connectivity index (χ1) is 56.8. The Morgan fingerprint density at radius 1 is 0.148 bits per heavy atom. The lowest BCUT2D eigenvalue weighted by Crippen LogP contribution is -2.59. The topological polar surface area (TPSA) is 27.7 Å². The zero-order valence-electron chi connectivity index (χ0n) is 82.3. The highest BCUT2D eigenvalue weighted by molar-refractivity contribution is 6.61. The maximum atomic E-state index is 9.24. The first kappa shape index (κ1) is 115. The van der Waals surface area contributed by atoms with Gasteiger partial charge in [0.05, 0.1) is 11.2 Å². The number of hydrogen-bond acceptors (Lipinski definition) is 3. The monoisotopic (exact) mass is 1640 g/mol. The molecule has 4 heteroatoms. The third-order valence-corrected chi connectivity index (χ3v) is 30.7. The summed E-state index contributed by atoms with van der Waals surface area (Å²) in [6.07, 6.45) is 136. The first-order valence-corrected chi connectivity index (χ1v) is 57.8. The lowest BCUT2D eigenvalue weighted by atomic mass is 9.85. The smallest absolute Gasteiger partial charge is 0.370 e. The van der Waals surface area contributed by atoms with Crippen LogP contribution in [0.25, 0.3) is 0 Å². The molecule has 0 atom stereocenters. The van der Waals surface area contributed by atoms with Crippen molar-refractivity contribution in [2.24, 2.45) is 0 Å². The molecule has 3 nitrogen and oxygen atoms in total. The third kappa shape index (κ3) is 82.2. The molecule has 0 aromatic heterocycles. The summed E-state index contributed by atoms with van der Waals surface area (Å²) in [5, 5.41) is 0. The Labute approximate surface area is 732 Å². The van der Waals surface area contributed by atoms with Crippen LogP contribution < -0.4 is 0 Å². The van der Waals surface area contributed by atoms with Crippen LogP contribution in [0.15, 0.2) is 0 Å².